The summed E-state index contributed by atoms with van der Waals surface area (Å²) in [5, 5.41) is 2.92. The van der Waals surface area contributed by atoms with Gasteiger partial charge < -0.3 is 14.8 Å². The molecule has 1 fully saturated rings. The predicted octanol–water partition coefficient (Wildman–Crippen LogP) is 2.14. The Morgan fingerprint density at radius 1 is 1.50 bits per heavy atom. The summed E-state index contributed by atoms with van der Waals surface area (Å²) in [5.74, 6) is -0.530. The molecule has 4 nitrogen and oxygen atoms in total. The minimum absolute atomic E-state index is 0.186. The van der Waals surface area contributed by atoms with E-state index in [2.05, 4.69) is 11.9 Å². The van der Waals surface area contributed by atoms with Crippen molar-refractivity contribution >= 4 is 5.91 Å². The molecule has 1 saturated heterocycles. The molecular formula is C15H18FNO3. The van der Waals surface area contributed by atoms with Gasteiger partial charge in [0, 0.05) is 13.2 Å². The zero-order chi connectivity index (χ0) is 14.6. The van der Waals surface area contributed by atoms with Crippen LogP contribution in [0.1, 0.15) is 18.4 Å². The lowest BCUT2D eigenvalue weighted by Gasteiger charge is -2.38. The number of hydrogen-bond acceptors (Lipinski definition) is 3. The number of carbonyl (C=O) groups excluding carboxylic acids is 1. The van der Waals surface area contributed by atoms with Gasteiger partial charge in [-0.15, -0.1) is 0 Å². The van der Waals surface area contributed by atoms with Gasteiger partial charge >= 0.3 is 0 Å². The highest BCUT2D eigenvalue weighted by Crippen LogP contribution is 2.34. The van der Waals surface area contributed by atoms with E-state index in [0.717, 1.165) is 0 Å². The molecule has 0 aromatic heterocycles. The predicted molar refractivity (Wildman–Crippen MR) is 73.0 cm³/mol. The fourth-order valence-corrected chi connectivity index (χ4v) is 2.46. The first-order valence-corrected chi connectivity index (χ1v) is 6.47. The van der Waals surface area contributed by atoms with Crippen LogP contribution in [-0.4, -0.2) is 26.2 Å². The van der Waals surface area contributed by atoms with Crippen molar-refractivity contribution in [1.29, 1.82) is 0 Å². The number of nitrogens with one attached hydrogen (secondary N) is 1. The number of rotatable bonds is 4. The molecule has 1 aromatic rings. The maximum Gasteiger partial charge on any atom is 0.244 e. The highest BCUT2D eigenvalue weighted by molar-refractivity contribution is 5.87. The Balaban J connectivity index is 2.37. The Bertz CT molecular complexity index is 510. The van der Waals surface area contributed by atoms with E-state index in [0.29, 0.717) is 31.6 Å². The Kier molecular flexibility index (Phi) is 4.39. The minimum atomic E-state index is -0.614. The number of benzene rings is 1. The monoisotopic (exact) mass is 279 g/mol. The van der Waals surface area contributed by atoms with Crippen molar-refractivity contribution in [3.8, 4) is 5.75 Å². The zero-order valence-electron chi connectivity index (χ0n) is 11.4. The second-order valence-corrected chi connectivity index (χ2v) is 4.74. The van der Waals surface area contributed by atoms with Crippen molar-refractivity contribution in [3.05, 3.63) is 42.2 Å². The van der Waals surface area contributed by atoms with Gasteiger partial charge in [-0.1, -0.05) is 12.6 Å². The lowest BCUT2D eigenvalue weighted by atomic mass is 9.82. The molecule has 1 amide bonds. The minimum Gasteiger partial charge on any atom is -0.494 e. The third-order valence-corrected chi connectivity index (χ3v) is 3.60. The molecule has 0 aliphatic carbocycles. The van der Waals surface area contributed by atoms with Gasteiger partial charge in [0.1, 0.15) is 0 Å². The largest absolute Gasteiger partial charge is 0.494 e. The van der Waals surface area contributed by atoms with Crippen molar-refractivity contribution < 1.29 is 18.7 Å². The van der Waals surface area contributed by atoms with Crippen molar-refractivity contribution in [3.63, 3.8) is 0 Å². The summed E-state index contributed by atoms with van der Waals surface area (Å²) >= 11 is 0. The molecule has 0 saturated carbocycles. The summed E-state index contributed by atoms with van der Waals surface area (Å²) in [7, 11) is 1.42. The van der Waals surface area contributed by atoms with Gasteiger partial charge in [-0.05, 0) is 36.6 Å². The summed E-state index contributed by atoms with van der Waals surface area (Å²) in [6.45, 7) is 4.50. The maximum atomic E-state index is 13.9. The van der Waals surface area contributed by atoms with Crippen LogP contribution in [0.15, 0.2) is 30.9 Å². The fourth-order valence-electron chi connectivity index (χ4n) is 2.46. The first-order valence-electron chi connectivity index (χ1n) is 6.47. The average molecular weight is 279 g/mol. The molecule has 1 aliphatic rings. The van der Waals surface area contributed by atoms with E-state index in [1.165, 1.54) is 19.3 Å². The molecule has 1 heterocycles. The maximum absolute atomic E-state index is 13.9. The summed E-state index contributed by atoms with van der Waals surface area (Å²) in [4.78, 5) is 11.7. The van der Waals surface area contributed by atoms with Gasteiger partial charge in [-0.2, -0.15) is 0 Å². The van der Waals surface area contributed by atoms with Crippen LogP contribution in [0.3, 0.4) is 0 Å². The van der Waals surface area contributed by atoms with Gasteiger partial charge in [-0.25, -0.2) is 4.39 Å². The van der Waals surface area contributed by atoms with E-state index in [4.69, 9.17) is 9.47 Å². The first-order chi connectivity index (χ1) is 9.61. The molecule has 1 N–H and O–H groups in total. The molecule has 0 unspecified atom stereocenters. The highest BCUT2D eigenvalue weighted by Gasteiger charge is 2.36. The average Bonchev–Trinajstić information content (AvgIpc) is 2.48. The smallest absolute Gasteiger partial charge is 0.244 e. The van der Waals surface area contributed by atoms with Crippen LogP contribution in [0.4, 0.5) is 4.39 Å². The highest BCUT2D eigenvalue weighted by atomic mass is 19.1. The van der Waals surface area contributed by atoms with Gasteiger partial charge in [0.15, 0.2) is 11.6 Å². The summed E-state index contributed by atoms with van der Waals surface area (Å²) in [6.07, 6.45) is 2.41. The second kappa shape index (κ2) is 6.05. The summed E-state index contributed by atoms with van der Waals surface area (Å²) < 4.78 is 24.2. The van der Waals surface area contributed by atoms with E-state index in [9.17, 15) is 9.18 Å². The van der Waals surface area contributed by atoms with Crippen LogP contribution in [-0.2, 0) is 15.1 Å². The molecule has 0 radical (unpaired) electrons. The molecule has 1 aromatic carbocycles. The zero-order valence-corrected chi connectivity index (χ0v) is 11.4. The van der Waals surface area contributed by atoms with Crippen molar-refractivity contribution in [2.24, 2.45) is 0 Å². The number of ether oxygens (including phenoxy) is 2. The van der Waals surface area contributed by atoms with Crippen LogP contribution in [0.2, 0.25) is 0 Å². The quantitative estimate of drug-likeness (QED) is 0.859. The standard InChI is InChI=1S/C15H18FNO3/c1-3-14(18)17-15(6-8-20-9-7-15)11-4-5-13(19-2)12(16)10-11/h3-5,10H,1,6-9H2,2H3,(H,17,18). The molecule has 5 heteroatoms. The van der Waals surface area contributed by atoms with E-state index >= 15 is 0 Å². The Labute approximate surface area is 117 Å². The second-order valence-electron chi connectivity index (χ2n) is 4.74. The Morgan fingerprint density at radius 3 is 2.75 bits per heavy atom. The van der Waals surface area contributed by atoms with Gasteiger partial charge in [-0.3, -0.25) is 4.79 Å². The molecule has 20 heavy (non-hydrogen) atoms. The molecule has 1 aliphatic heterocycles. The van der Waals surface area contributed by atoms with Crippen LogP contribution in [0.5, 0.6) is 5.75 Å². The Hall–Kier alpha value is -1.88. The van der Waals surface area contributed by atoms with E-state index in [-0.39, 0.29) is 11.7 Å². The van der Waals surface area contributed by atoms with E-state index < -0.39 is 11.4 Å². The van der Waals surface area contributed by atoms with E-state index in [1.807, 2.05) is 0 Å². The van der Waals surface area contributed by atoms with Gasteiger partial charge in [0.25, 0.3) is 0 Å². The van der Waals surface area contributed by atoms with Gasteiger partial charge in [0.2, 0.25) is 5.91 Å². The molecule has 108 valence electrons. The molecule has 0 bridgehead atoms. The van der Waals surface area contributed by atoms with Crippen LogP contribution in [0.25, 0.3) is 0 Å². The molecule has 0 spiro atoms. The van der Waals surface area contributed by atoms with Crippen LogP contribution in [0, 0.1) is 5.82 Å². The van der Waals surface area contributed by atoms with Crippen molar-refractivity contribution in [2.45, 2.75) is 18.4 Å². The van der Waals surface area contributed by atoms with E-state index in [1.54, 1.807) is 12.1 Å². The molecular weight excluding hydrogens is 261 g/mol. The lowest BCUT2D eigenvalue weighted by Crippen LogP contribution is -2.49. The number of halogens is 1. The number of amides is 1. The van der Waals surface area contributed by atoms with Crippen molar-refractivity contribution in [1.82, 2.24) is 5.32 Å². The van der Waals surface area contributed by atoms with Gasteiger partial charge in [0.05, 0.1) is 12.6 Å². The van der Waals surface area contributed by atoms with Crippen molar-refractivity contribution in [2.75, 3.05) is 20.3 Å². The molecule has 0 atom stereocenters. The normalized spacial score (nSPS) is 17.3. The van der Waals surface area contributed by atoms with Crippen LogP contribution >= 0.6 is 0 Å². The third kappa shape index (κ3) is 2.82. The summed E-state index contributed by atoms with van der Waals surface area (Å²) in [6, 6.07) is 4.76. The number of carbonyl (C=O) groups is 1. The van der Waals surface area contributed by atoms with Crippen LogP contribution < -0.4 is 10.1 Å². The SMILES string of the molecule is C=CC(=O)NC1(c2ccc(OC)c(F)c2)CCOCC1. The Morgan fingerprint density at radius 2 is 2.20 bits per heavy atom. The number of hydrogen-bond donors (Lipinski definition) is 1. The third-order valence-electron chi connectivity index (χ3n) is 3.60. The molecule has 2 rings (SSSR count). The topological polar surface area (TPSA) is 47.6 Å². The lowest BCUT2D eigenvalue weighted by molar-refractivity contribution is -0.119. The summed E-state index contributed by atoms with van der Waals surface area (Å²) in [5.41, 5.74) is 0.102. The first kappa shape index (κ1) is 14.5. The fraction of sp³-hybridized carbons (Fsp3) is 0.400. The number of methoxy groups -OCH3 is 1.